The molecule has 1 fully saturated rings. The molecule has 0 aromatic heterocycles. The van der Waals surface area contributed by atoms with Crippen LogP contribution in [0.1, 0.15) is 30.4 Å². The fourth-order valence-corrected chi connectivity index (χ4v) is 3.71. The number of hydrogen-bond donors (Lipinski definition) is 2. The minimum atomic E-state index is -0.393. The molecular formula is C21H24ClN3O2. The molecule has 142 valence electrons. The second-order valence-electron chi connectivity index (χ2n) is 6.95. The van der Waals surface area contributed by atoms with Crippen molar-refractivity contribution < 1.29 is 9.59 Å². The third-order valence-electron chi connectivity index (χ3n) is 4.64. The topological polar surface area (TPSA) is 61.4 Å². The van der Waals surface area contributed by atoms with Crippen molar-refractivity contribution in [3.8, 4) is 0 Å². The molecule has 0 unspecified atom stereocenters. The van der Waals surface area contributed by atoms with Gasteiger partial charge in [-0.1, -0.05) is 17.7 Å². The monoisotopic (exact) mass is 385 g/mol. The summed E-state index contributed by atoms with van der Waals surface area (Å²) < 4.78 is 0. The van der Waals surface area contributed by atoms with Crippen molar-refractivity contribution in [3.05, 3.63) is 52.5 Å². The Labute approximate surface area is 164 Å². The van der Waals surface area contributed by atoms with E-state index in [-0.39, 0.29) is 12.3 Å². The normalized spacial score (nSPS) is 13.5. The number of nitrogens with one attached hydrogen (secondary N) is 2. The van der Waals surface area contributed by atoms with Gasteiger partial charge in [-0.2, -0.15) is 0 Å². The Bertz CT molecular complexity index is 820. The molecule has 27 heavy (non-hydrogen) atoms. The van der Waals surface area contributed by atoms with Gasteiger partial charge in [0.2, 0.25) is 11.8 Å². The standard InChI is InChI=1S/C21H24ClN3O2/c1-14-11-15(2)21(18(22)12-14)24-20(27)13-19(26)23-16-5-7-17(8-6-16)25-9-3-4-10-25/h5-8,11-12H,3-4,9-10,13H2,1-2H3,(H,23,26)(H,24,27). The fourth-order valence-electron chi connectivity index (χ4n) is 3.34. The van der Waals surface area contributed by atoms with Gasteiger partial charge in [0, 0.05) is 24.5 Å². The molecule has 1 saturated heterocycles. The smallest absolute Gasteiger partial charge is 0.233 e. The van der Waals surface area contributed by atoms with E-state index in [2.05, 4.69) is 15.5 Å². The summed E-state index contributed by atoms with van der Waals surface area (Å²) in [5, 5.41) is 5.96. The van der Waals surface area contributed by atoms with E-state index in [0.717, 1.165) is 29.9 Å². The van der Waals surface area contributed by atoms with Gasteiger partial charge in [0.05, 0.1) is 10.7 Å². The fraction of sp³-hybridized carbons (Fsp3) is 0.333. The maximum atomic E-state index is 12.2. The minimum absolute atomic E-state index is 0.266. The minimum Gasteiger partial charge on any atom is -0.372 e. The van der Waals surface area contributed by atoms with Crippen molar-refractivity contribution in [2.75, 3.05) is 28.6 Å². The molecule has 0 atom stereocenters. The van der Waals surface area contributed by atoms with Crippen LogP contribution in [0.2, 0.25) is 5.02 Å². The van der Waals surface area contributed by atoms with Gasteiger partial charge in [-0.3, -0.25) is 9.59 Å². The van der Waals surface area contributed by atoms with E-state index in [0.29, 0.717) is 16.4 Å². The van der Waals surface area contributed by atoms with E-state index < -0.39 is 5.91 Å². The van der Waals surface area contributed by atoms with Crippen molar-refractivity contribution in [2.24, 2.45) is 0 Å². The molecular weight excluding hydrogens is 362 g/mol. The Morgan fingerprint density at radius 2 is 1.63 bits per heavy atom. The van der Waals surface area contributed by atoms with Gasteiger partial charge in [-0.05, 0) is 68.1 Å². The molecule has 0 radical (unpaired) electrons. The quantitative estimate of drug-likeness (QED) is 0.743. The van der Waals surface area contributed by atoms with E-state index in [1.807, 2.05) is 44.2 Å². The Balaban J connectivity index is 1.55. The maximum absolute atomic E-state index is 12.2. The number of carbonyl (C=O) groups excluding carboxylic acids is 2. The van der Waals surface area contributed by atoms with E-state index in [1.165, 1.54) is 12.8 Å². The predicted molar refractivity (Wildman–Crippen MR) is 111 cm³/mol. The first-order valence-corrected chi connectivity index (χ1v) is 9.51. The lowest BCUT2D eigenvalue weighted by molar-refractivity contribution is -0.123. The summed E-state index contributed by atoms with van der Waals surface area (Å²) in [5.41, 5.74) is 4.28. The molecule has 6 heteroatoms. The number of rotatable bonds is 5. The first kappa shape index (κ1) is 19.2. The molecule has 1 aliphatic heterocycles. The van der Waals surface area contributed by atoms with Gasteiger partial charge >= 0.3 is 0 Å². The lowest BCUT2D eigenvalue weighted by atomic mass is 10.1. The van der Waals surface area contributed by atoms with Crippen molar-refractivity contribution in [1.82, 2.24) is 0 Å². The molecule has 1 aliphatic rings. The molecule has 5 nitrogen and oxygen atoms in total. The third kappa shape index (κ3) is 5.01. The van der Waals surface area contributed by atoms with E-state index in [4.69, 9.17) is 11.6 Å². The largest absolute Gasteiger partial charge is 0.372 e. The molecule has 0 aliphatic carbocycles. The summed E-state index contributed by atoms with van der Waals surface area (Å²) in [4.78, 5) is 26.7. The molecule has 0 spiro atoms. The number of aryl methyl sites for hydroxylation is 2. The van der Waals surface area contributed by atoms with E-state index in [1.54, 1.807) is 6.07 Å². The highest BCUT2D eigenvalue weighted by Crippen LogP contribution is 2.27. The summed E-state index contributed by atoms with van der Waals surface area (Å²) >= 11 is 6.19. The number of benzene rings is 2. The number of anilines is 3. The Hall–Kier alpha value is -2.53. The summed E-state index contributed by atoms with van der Waals surface area (Å²) in [6, 6.07) is 11.4. The predicted octanol–water partition coefficient (Wildman–Crippen LogP) is 4.52. The highest BCUT2D eigenvalue weighted by molar-refractivity contribution is 6.34. The zero-order valence-electron chi connectivity index (χ0n) is 15.6. The number of hydrogen-bond acceptors (Lipinski definition) is 3. The van der Waals surface area contributed by atoms with Crippen molar-refractivity contribution in [1.29, 1.82) is 0 Å². The van der Waals surface area contributed by atoms with Gasteiger partial charge in [0.25, 0.3) is 0 Å². The van der Waals surface area contributed by atoms with Crippen molar-refractivity contribution in [2.45, 2.75) is 33.1 Å². The average molecular weight is 386 g/mol. The Morgan fingerprint density at radius 1 is 1.00 bits per heavy atom. The molecule has 0 bridgehead atoms. The molecule has 2 amide bonds. The summed E-state index contributed by atoms with van der Waals surface area (Å²) in [5.74, 6) is -0.752. The van der Waals surface area contributed by atoms with Gasteiger partial charge < -0.3 is 15.5 Å². The van der Waals surface area contributed by atoms with Crippen LogP contribution in [-0.2, 0) is 9.59 Å². The molecule has 3 rings (SSSR count). The van der Waals surface area contributed by atoms with Gasteiger partial charge in [-0.15, -0.1) is 0 Å². The van der Waals surface area contributed by atoms with E-state index in [9.17, 15) is 9.59 Å². The Morgan fingerprint density at radius 3 is 2.26 bits per heavy atom. The van der Waals surface area contributed by atoms with Crippen molar-refractivity contribution in [3.63, 3.8) is 0 Å². The van der Waals surface area contributed by atoms with Crippen LogP contribution in [0.3, 0.4) is 0 Å². The van der Waals surface area contributed by atoms with E-state index >= 15 is 0 Å². The highest BCUT2D eigenvalue weighted by atomic mass is 35.5. The van der Waals surface area contributed by atoms with Crippen LogP contribution in [0.15, 0.2) is 36.4 Å². The molecule has 2 aromatic carbocycles. The first-order valence-electron chi connectivity index (χ1n) is 9.14. The van der Waals surface area contributed by atoms with Crippen LogP contribution >= 0.6 is 11.6 Å². The van der Waals surface area contributed by atoms with Gasteiger partial charge in [0.15, 0.2) is 0 Å². The van der Waals surface area contributed by atoms with Crippen LogP contribution in [0.5, 0.6) is 0 Å². The molecule has 2 N–H and O–H groups in total. The van der Waals surface area contributed by atoms with Crippen LogP contribution in [-0.4, -0.2) is 24.9 Å². The third-order valence-corrected chi connectivity index (χ3v) is 4.94. The van der Waals surface area contributed by atoms with Crippen LogP contribution < -0.4 is 15.5 Å². The first-order chi connectivity index (χ1) is 12.9. The SMILES string of the molecule is Cc1cc(C)c(NC(=O)CC(=O)Nc2ccc(N3CCCC3)cc2)c(Cl)c1. The van der Waals surface area contributed by atoms with Crippen LogP contribution in [0.4, 0.5) is 17.1 Å². The van der Waals surface area contributed by atoms with Crippen LogP contribution in [0.25, 0.3) is 0 Å². The summed E-state index contributed by atoms with van der Waals surface area (Å²) in [6.07, 6.45) is 2.17. The second-order valence-corrected chi connectivity index (χ2v) is 7.36. The number of halogens is 1. The van der Waals surface area contributed by atoms with Crippen molar-refractivity contribution >= 4 is 40.5 Å². The number of carbonyl (C=O) groups is 2. The van der Waals surface area contributed by atoms with Crippen LogP contribution in [0, 0.1) is 13.8 Å². The lowest BCUT2D eigenvalue weighted by Gasteiger charge is -2.17. The maximum Gasteiger partial charge on any atom is 0.233 e. The zero-order valence-corrected chi connectivity index (χ0v) is 16.4. The Kier molecular flexibility index (Phi) is 6.01. The number of nitrogens with zero attached hydrogens (tertiary/aromatic N) is 1. The second kappa shape index (κ2) is 8.44. The lowest BCUT2D eigenvalue weighted by Crippen LogP contribution is -2.22. The zero-order chi connectivity index (χ0) is 19.4. The average Bonchev–Trinajstić information content (AvgIpc) is 3.13. The summed E-state index contributed by atoms with van der Waals surface area (Å²) in [6.45, 7) is 5.96. The molecule has 1 heterocycles. The molecule has 0 saturated carbocycles. The highest BCUT2D eigenvalue weighted by Gasteiger charge is 2.15. The van der Waals surface area contributed by atoms with Gasteiger partial charge in [-0.25, -0.2) is 0 Å². The molecule has 2 aromatic rings. The summed E-state index contributed by atoms with van der Waals surface area (Å²) in [7, 11) is 0. The number of amides is 2. The van der Waals surface area contributed by atoms with Gasteiger partial charge in [0.1, 0.15) is 6.42 Å².